The number of pyridine rings is 1. The maximum Gasteiger partial charge on any atom is 0.410 e. The van der Waals surface area contributed by atoms with Crippen LogP contribution >= 0.6 is 0 Å². The SMILES string of the molecule is Cc1cc(Nc2nn([C@]3(CC#N)CCN(C(=O)OCC(F)F)C[C@@H]3F)cc2C(N)=O)ccn1. The Hall–Kier alpha value is -3.82. The minimum absolute atomic E-state index is 0.0206. The van der Waals surface area contributed by atoms with Crippen LogP contribution in [0.5, 0.6) is 0 Å². The van der Waals surface area contributed by atoms with Gasteiger partial charge in [0.25, 0.3) is 12.3 Å². The van der Waals surface area contributed by atoms with Crippen LogP contribution in [-0.4, -0.2) is 64.0 Å². The van der Waals surface area contributed by atoms with Crippen molar-refractivity contribution in [2.45, 2.75) is 37.9 Å². The number of nitrogens with one attached hydrogen (secondary N) is 1. The molecule has 2 aromatic rings. The van der Waals surface area contributed by atoms with Gasteiger partial charge in [-0.05, 0) is 25.5 Å². The molecular formula is C20H22F3N7O3. The number of carbonyl (C=O) groups excluding carboxylic acids is 2. The van der Waals surface area contributed by atoms with Crippen molar-refractivity contribution >= 4 is 23.5 Å². The number of amides is 2. The van der Waals surface area contributed by atoms with Gasteiger partial charge in [0.15, 0.2) is 12.4 Å². The first-order valence-electron chi connectivity index (χ1n) is 9.97. The summed E-state index contributed by atoms with van der Waals surface area (Å²) in [6.07, 6.45) is -3.30. The Morgan fingerprint density at radius 1 is 1.48 bits per heavy atom. The monoisotopic (exact) mass is 465 g/mol. The molecule has 0 bridgehead atoms. The van der Waals surface area contributed by atoms with E-state index in [2.05, 4.69) is 20.1 Å². The van der Waals surface area contributed by atoms with Gasteiger partial charge in [0, 0.05) is 30.3 Å². The number of ether oxygens (including phenoxy) is 1. The Morgan fingerprint density at radius 2 is 2.24 bits per heavy atom. The molecule has 13 heteroatoms. The quantitative estimate of drug-likeness (QED) is 0.640. The van der Waals surface area contributed by atoms with E-state index in [0.29, 0.717) is 11.4 Å². The minimum Gasteiger partial charge on any atom is -0.443 e. The fourth-order valence-electron chi connectivity index (χ4n) is 3.64. The standard InChI is InChI=1S/C20H22F3N7O3/c1-12-8-13(2-6-26-12)27-18-14(17(25)31)9-30(28-18)20(3-5-24)4-7-29(10-15(20)21)19(32)33-11-16(22)23/h2,6,8-9,15-16H,3-4,7,10-11H2,1H3,(H2,25,31)(H,26,27,28)/t15-,20+/m0/s1. The molecule has 2 atom stereocenters. The van der Waals surface area contributed by atoms with Crippen molar-refractivity contribution in [3.63, 3.8) is 0 Å². The lowest BCUT2D eigenvalue weighted by Crippen LogP contribution is -2.56. The van der Waals surface area contributed by atoms with Crippen molar-refractivity contribution in [1.29, 1.82) is 5.26 Å². The molecule has 1 fully saturated rings. The number of nitrogens with zero attached hydrogens (tertiary/aromatic N) is 5. The highest BCUT2D eigenvalue weighted by Crippen LogP contribution is 2.37. The summed E-state index contributed by atoms with van der Waals surface area (Å²) in [7, 11) is 0. The third kappa shape index (κ3) is 5.16. The molecule has 2 amide bonds. The topological polar surface area (TPSA) is 139 Å². The molecule has 0 radical (unpaired) electrons. The van der Waals surface area contributed by atoms with Crippen molar-refractivity contribution in [2.24, 2.45) is 5.73 Å². The summed E-state index contributed by atoms with van der Waals surface area (Å²) < 4.78 is 45.7. The third-order valence-electron chi connectivity index (χ3n) is 5.35. The lowest BCUT2D eigenvalue weighted by molar-refractivity contribution is -0.00842. The number of nitriles is 1. The number of piperidine rings is 1. The van der Waals surface area contributed by atoms with Crippen LogP contribution in [0.3, 0.4) is 0 Å². The molecule has 0 spiro atoms. The summed E-state index contributed by atoms with van der Waals surface area (Å²) in [5.74, 6) is -0.749. The van der Waals surface area contributed by atoms with Crippen LogP contribution in [0.2, 0.25) is 0 Å². The Balaban J connectivity index is 1.89. The maximum atomic E-state index is 15.5. The summed E-state index contributed by atoms with van der Waals surface area (Å²) in [6.45, 7) is 0.110. The first kappa shape index (κ1) is 23.8. The largest absolute Gasteiger partial charge is 0.443 e. The second-order valence-corrected chi connectivity index (χ2v) is 7.58. The second-order valence-electron chi connectivity index (χ2n) is 7.58. The highest BCUT2D eigenvalue weighted by Gasteiger charge is 2.48. The van der Waals surface area contributed by atoms with E-state index in [1.54, 1.807) is 25.3 Å². The number of alkyl halides is 3. The fourth-order valence-corrected chi connectivity index (χ4v) is 3.64. The number of halogens is 3. The zero-order valence-electron chi connectivity index (χ0n) is 17.7. The summed E-state index contributed by atoms with van der Waals surface area (Å²) in [5.41, 5.74) is 5.22. The Kier molecular flexibility index (Phi) is 7.05. The summed E-state index contributed by atoms with van der Waals surface area (Å²) in [5, 5.41) is 16.6. The van der Waals surface area contributed by atoms with Gasteiger partial charge in [-0.2, -0.15) is 10.4 Å². The van der Waals surface area contributed by atoms with E-state index in [9.17, 15) is 23.6 Å². The van der Waals surface area contributed by atoms with Gasteiger partial charge in [-0.3, -0.25) is 14.5 Å². The number of primary amides is 1. The molecule has 0 unspecified atom stereocenters. The molecule has 2 aromatic heterocycles. The van der Waals surface area contributed by atoms with Crippen molar-refractivity contribution < 1.29 is 27.5 Å². The lowest BCUT2D eigenvalue weighted by atomic mass is 9.83. The molecular weight excluding hydrogens is 443 g/mol. The molecule has 3 heterocycles. The summed E-state index contributed by atoms with van der Waals surface area (Å²) in [6, 6.07) is 5.27. The Morgan fingerprint density at radius 3 is 2.85 bits per heavy atom. The molecule has 33 heavy (non-hydrogen) atoms. The molecule has 0 aromatic carbocycles. The number of nitrogens with two attached hydrogens (primary N) is 1. The molecule has 10 nitrogen and oxygen atoms in total. The highest BCUT2D eigenvalue weighted by molar-refractivity contribution is 5.98. The third-order valence-corrected chi connectivity index (χ3v) is 5.35. The van der Waals surface area contributed by atoms with E-state index in [0.717, 1.165) is 4.90 Å². The minimum atomic E-state index is -2.84. The van der Waals surface area contributed by atoms with E-state index < -0.39 is 43.3 Å². The molecule has 3 N–H and O–H groups in total. The van der Waals surface area contributed by atoms with E-state index in [4.69, 9.17) is 5.73 Å². The molecule has 1 aliphatic rings. The fraction of sp³-hybridized carbons (Fsp3) is 0.450. The Bertz CT molecular complexity index is 1070. The summed E-state index contributed by atoms with van der Waals surface area (Å²) in [4.78, 5) is 29.0. The van der Waals surface area contributed by atoms with E-state index in [-0.39, 0.29) is 30.8 Å². The zero-order chi connectivity index (χ0) is 24.2. The highest BCUT2D eigenvalue weighted by atomic mass is 19.3. The van der Waals surface area contributed by atoms with Crippen molar-refractivity contribution in [1.82, 2.24) is 19.7 Å². The van der Waals surface area contributed by atoms with Gasteiger partial charge in [-0.25, -0.2) is 18.0 Å². The van der Waals surface area contributed by atoms with Gasteiger partial charge in [0.05, 0.1) is 19.0 Å². The first-order chi connectivity index (χ1) is 15.7. The number of hydrogen-bond acceptors (Lipinski definition) is 7. The summed E-state index contributed by atoms with van der Waals surface area (Å²) >= 11 is 0. The van der Waals surface area contributed by atoms with Gasteiger partial charge in [-0.15, -0.1) is 0 Å². The van der Waals surface area contributed by atoms with Crippen LogP contribution in [0.25, 0.3) is 0 Å². The van der Waals surface area contributed by atoms with E-state index in [1.165, 1.54) is 10.9 Å². The molecule has 0 saturated carbocycles. The van der Waals surface area contributed by atoms with Gasteiger partial charge in [0.1, 0.15) is 17.3 Å². The number of likely N-dealkylation sites (tertiary alicyclic amines) is 1. The molecule has 0 aliphatic carbocycles. The van der Waals surface area contributed by atoms with Crippen molar-refractivity contribution in [3.05, 3.63) is 35.8 Å². The van der Waals surface area contributed by atoms with Crippen LogP contribution in [0.1, 0.15) is 28.9 Å². The van der Waals surface area contributed by atoms with Crippen LogP contribution in [0, 0.1) is 18.3 Å². The smallest absolute Gasteiger partial charge is 0.410 e. The van der Waals surface area contributed by atoms with E-state index in [1.807, 2.05) is 6.07 Å². The number of rotatable bonds is 7. The van der Waals surface area contributed by atoms with Crippen LogP contribution < -0.4 is 11.1 Å². The normalized spacial score (nSPS) is 20.4. The van der Waals surface area contributed by atoms with Gasteiger partial charge in [0.2, 0.25) is 0 Å². The molecule has 3 rings (SSSR count). The van der Waals surface area contributed by atoms with Crippen LogP contribution in [0.4, 0.5) is 29.5 Å². The second kappa shape index (κ2) is 9.76. The molecule has 1 saturated heterocycles. The average Bonchev–Trinajstić information content (AvgIpc) is 3.18. The number of anilines is 2. The van der Waals surface area contributed by atoms with E-state index >= 15 is 4.39 Å². The van der Waals surface area contributed by atoms with Crippen LogP contribution in [-0.2, 0) is 10.3 Å². The van der Waals surface area contributed by atoms with Crippen molar-refractivity contribution in [3.8, 4) is 6.07 Å². The number of aryl methyl sites for hydroxylation is 1. The maximum absolute atomic E-state index is 15.5. The predicted octanol–water partition coefficient (Wildman–Crippen LogP) is 2.48. The predicted molar refractivity (Wildman–Crippen MR) is 110 cm³/mol. The first-order valence-corrected chi connectivity index (χ1v) is 9.97. The lowest BCUT2D eigenvalue weighted by Gasteiger charge is -2.42. The van der Waals surface area contributed by atoms with Gasteiger partial charge >= 0.3 is 6.09 Å². The average molecular weight is 465 g/mol. The zero-order valence-corrected chi connectivity index (χ0v) is 17.7. The van der Waals surface area contributed by atoms with Crippen LogP contribution in [0.15, 0.2) is 24.5 Å². The Labute approximate surface area is 187 Å². The van der Waals surface area contributed by atoms with Gasteiger partial charge in [-0.1, -0.05) is 0 Å². The van der Waals surface area contributed by atoms with Crippen molar-refractivity contribution in [2.75, 3.05) is 25.0 Å². The number of aromatic nitrogens is 3. The number of carbonyl (C=O) groups is 2. The molecule has 176 valence electrons. The number of hydrogen-bond donors (Lipinski definition) is 2. The molecule has 1 aliphatic heterocycles. The van der Waals surface area contributed by atoms with Gasteiger partial charge < -0.3 is 20.7 Å².